The molecule has 9 heteroatoms. The molecule has 0 spiro atoms. The van der Waals surface area contributed by atoms with Crippen LogP contribution in [-0.4, -0.2) is 31.1 Å². The zero-order valence-electron chi connectivity index (χ0n) is 13.6. The number of halogens is 1. The van der Waals surface area contributed by atoms with E-state index < -0.39 is 5.25 Å². The third-order valence-electron chi connectivity index (χ3n) is 3.42. The number of carbonyl (C=O) groups is 1. The highest BCUT2D eigenvalue weighted by Gasteiger charge is 2.22. The number of anilines is 1. The molecule has 2 heterocycles. The van der Waals surface area contributed by atoms with Crippen LogP contribution in [0.2, 0.25) is 0 Å². The first kappa shape index (κ1) is 17.2. The summed E-state index contributed by atoms with van der Waals surface area (Å²) in [7, 11) is 0. The second-order valence-electron chi connectivity index (χ2n) is 5.26. The Kier molecular flexibility index (Phi) is 5.13. The normalized spacial score (nSPS) is 12.1. The molecule has 130 valence electrons. The van der Waals surface area contributed by atoms with Crippen LogP contribution in [0.5, 0.6) is 0 Å². The predicted octanol–water partition coefficient (Wildman–Crippen LogP) is 3.21. The highest BCUT2D eigenvalue weighted by molar-refractivity contribution is 8.00. The average molecular weight is 361 g/mol. The summed E-state index contributed by atoms with van der Waals surface area (Å²) in [4.78, 5) is 12.4. The quantitative estimate of drug-likeness (QED) is 0.679. The molecule has 0 saturated heterocycles. The molecule has 0 aliphatic carbocycles. The molecule has 3 aromatic rings. The summed E-state index contributed by atoms with van der Waals surface area (Å²) in [5.41, 5.74) is 0.331. The van der Waals surface area contributed by atoms with Gasteiger partial charge in [0.05, 0.1) is 10.9 Å². The number of nitrogens with zero attached hydrogens (tertiary/aromatic N) is 4. The maximum Gasteiger partial charge on any atom is 0.239 e. The van der Waals surface area contributed by atoms with Crippen LogP contribution in [0.1, 0.15) is 19.1 Å². The molecule has 1 aromatic carbocycles. The molecule has 0 radical (unpaired) electrons. The highest BCUT2D eigenvalue weighted by Crippen LogP contribution is 2.27. The molecule has 1 atom stereocenters. The molecule has 0 unspecified atom stereocenters. The van der Waals surface area contributed by atoms with Crippen LogP contribution in [0.3, 0.4) is 0 Å². The van der Waals surface area contributed by atoms with E-state index in [0.29, 0.717) is 28.8 Å². The van der Waals surface area contributed by atoms with E-state index in [9.17, 15) is 9.18 Å². The molecule has 1 N–H and O–H groups in total. The maximum atomic E-state index is 14.0. The Morgan fingerprint density at radius 3 is 2.92 bits per heavy atom. The van der Waals surface area contributed by atoms with Gasteiger partial charge in [0.15, 0.2) is 11.0 Å². The molecule has 0 saturated carbocycles. The first-order valence-corrected chi connectivity index (χ1v) is 8.52. The van der Waals surface area contributed by atoms with Gasteiger partial charge < -0.3 is 9.84 Å². The van der Waals surface area contributed by atoms with Crippen LogP contribution in [0, 0.1) is 12.7 Å². The molecule has 0 fully saturated rings. The number of aromatic nitrogens is 4. The van der Waals surface area contributed by atoms with E-state index in [2.05, 4.69) is 20.7 Å². The van der Waals surface area contributed by atoms with E-state index in [1.54, 1.807) is 31.2 Å². The Morgan fingerprint density at radius 1 is 1.44 bits per heavy atom. The molecule has 0 bridgehead atoms. The molecular formula is C16H16FN5O2S. The lowest BCUT2D eigenvalue weighted by Crippen LogP contribution is -2.25. The summed E-state index contributed by atoms with van der Waals surface area (Å²) in [5.74, 6) is 0.344. The number of carbonyl (C=O) groups excluding carboxylic acids is 1. The third kappa shape index (κ3) is 3.87. The number of nitrogens with one attached hydrogen (secondary N) is 1. The monoisotopic (exact) mass is 361 g/mol. The Morgan fingerprint density at radius 2 is 2.24 bits per heavy atom. The minimum absolute atomic E-state index is 0.233. The van der Waals surface area contributed by atoms with Crippen LogP contribution in [0.25, 0.3) is 5.69 Å². The van der Waals surface area contributed by atoms with Crippen molar-refractivity contribution in [1.82, 2.24) is 19.9 Å². The lowest BCUT2D eigenvalue weighted by atomic mass is 10.3. The van der Waals surface area contributed by atoms with Gasteiger partial charge in [-0.1, -0.05) is 36.0 Å². The molecule has 3 rings (SSSR count). The van der Waals surface area contributed by atoms with Gasteiger partial charge in [-0.05, 0) is 25.5 Å². The predicted molar refractivity (Wildman–Crippen MR) is 91.1 cm³/mol. The fraction of sp³-hybridized carbons (Fsp3) is 0.250. The Hall–Kier alpha value is -2.68. The van der Waals surface area contributed by atoms with Crippen molar-refractivity contribution < 1.29 is 13.7 Å². The van der Waals surface area contributed by atoms with Gasteiger partial charge in [0.25, 0.3) is 0 Å². The fourth-order valence-electron chi connectivity index (χ4n) is 2.20. The van der Waals surface area contributed by atoms with Crippen LogP contribution in [0.15, 0.2) is 46.3 Å². The molecule has 1 amide bonds. The third-order valence-corrected chi connectivity index (χ3v) is 4.74. The first-order valence-electron chi connectivity index (χ1n) is 7.64. The minimum atomic E-state index is -0.438. The van der Waals surface area contributed by atoms with Crippen molar-refractivity contribution in [3.05, 3.63) is 48.2 Å². The standard InChI is InChI=1S/C16H16FN5O2S/c1-3-13(15(23)19-14-8-10(2)24-21-14)25-16-20-18-9-22(16)12-7-5-4-6-11(12)17/h4-9,13H,3H2,1-2H3,(H,19,21,23)/t13-/m0/s1. The molecule has 0 aliphatic heterocycles. The number of benzene rings is 1. The smallest absolute Gasteiger partial charge is 0.239 e. The van der Waals surface area contributed by atoms with Crippen molar-refractivity contribution >= 4 is 23.5 Å². The van der Waals surface area contributed by atoms with E-state index >= 15 is 0 Å². The highest BCUT2D eigenvalue weighted by atomic mass is 32.2. The van der Waals surface area contributed by atoms with E-state index in [0.717, 1.165) is 0 Å². The molecule has 2 aromatic heterocycles. The summed E-state index contributed by atoms with van der Waals surface area (Å²) < 4.78 is 20.5. The topological polar surface area (TPSA) is 85.8 Å². The molecule has 25 heavy (non-hydrogen) atoms. The van der Waals surface area contributed by atoms with Crippen molar-refractivity contribution in [3.63, 3.8) is 0 Å². The molecular weight excluding hydrogens is 345 g/mol. The first-order chi connectivity index (χ1) is 12.1. The number of hydrogen-bond donors (Lipinski definition) is 1. The SMILES string of the molecule is CC[C@H](Sc1nncn1-c1ccccc1F)C(=O)Nc1cc(C)on1. The number of hydrogen-bond acceptors (Lipinski definition) is 6. The second kappa shape index (κ2) is 7.47. The van der Waals surface area contributed by atoms with Gasteiger partial charge in [0, 0.05) is 6.07 Å². The zero-order valence-corrected chi connectivity index (χ0v) is 14.5. The van der Waals surface area contributed by atoms with Gasteiger partial charge in [-0.25, -0.2) is 4.39 Å². The van der Waals surface area contributed by atoms with Gasteiger partial charge in [-0.3, -0.25) is 9.36 Å². The summed E-state index contributed by atoms with van der Waals surface area (Å²) in [5, 5.41) is 14.3. The largest absolute Gasteiger partial charge is 0.360 e. The Labute approximate surface area is 147 Å². The minimum Gasteiger partial charge on any atom is -0.360 e. The van der Waals surface area contributed by atoms with Crippen molar-refractivity contribution in [2.45, 2.75) is 30.7 Å². The van der Waals surface area contributed by atoms with Gasteiger partial charge in [-0.2, -0.15) is 0 Å². The van der Waals surface area contributed by atoms with E-state index in [-0.39, 0.29) is 11.7 Å². The summed E-state index contributed by atoms with van der Waals surface area (Å²) >= 11 is 1.21. The van der Waals surface area contributed by atoms with Crippen LogP contribution < -0.4 is 5.32 Å². The number of para-hydroxylation sites is 1. The van der Waals surface area contributed by atoms with Gasteiger partial charge in [0.1, 0.15) is 17.9 Å². The van der Waals surface area contributed by atoms with Crippen LogP contribution >= 0.6 is 11.8 Å². The number of thioether (sulfide) groups is 1. The number of rotatable bonds is 6. The van der Waals surface area contributed by atoms with Gasteiger partial charge in [-0.15, -0.1) is 10.2 Å². The van der Waals surface area contributed by atoms with Crippen molar-refractivity contribution in [3.8, 4) is 5.69 Å². The van der Waals surface area contributed by atoms with E-state index in [1.807, 2.05) is 6.92 Å². The Bertz CT molecular complexity index is 879. The summed E-state index contributed by atoms with van der Waals surface area (Å²) in [6.07, 6.45) is 1.98. The van der Waals surface area contributed by atoms with Crippen molar-refractivity contribution in [1.29, 1.82) is 0 Å². The Balaban J connectivity index is 1.78. The number of aryl methyl sites for hydroxylation is 1. The fourth-order valence-corrected chi connectivity index (χ4v) is 3.14. The zero-order chi connectivity index (χ0) is 17.8. The summed E-state index contributed by atoms with van der Waals surface area (Å²) in [6, 6.07) is 7.96. The molecule has 7 nitrogen and oxygen atoms in total. The molecule has 0 aliphatic rings. The lowest BCUT2D eigenvalue weighted by Gasteiger charge is -2.14. The van der Waals surface area contributed by atoms with Crippen molar-refractivity contribution in [2.24, 2.45) is 0 Å². The van der Waals surface area contributed by atoms with Gasteiger partial charge in [0.2, 0.25) is 5.91 Å². The van der Waals surface area contributed by atoms with E-state index in [4.69, 9.17) is 4.52 Å². The van der Waals surface area contributed by atoms with Crippen LogP contribution in [-0.2, 0) is 4.79 Å². The van der Waals surface area contributed by atoms with Gasteiger partial charge >= 0.3 is 0 Å². The number of amides is 1. The maximum absolute atomic E-state index is 14.0. The van der Waals surface area contributed by atoms with Crippen molar-refractivity contribution in [2.75, 3.05) is 5.32 Å². The average Bonchev–Trinajstić information content (AvgIpc) is 3.21. The summed E-state index contributed by atoms with van der Waals surface area (Å²) in [6.45, 7) is 3.63. The van der Waals surface area contributed by atoms with Crippen LogP contribution in [0.4, 0.5) is 10.2 Å². The lowest BCUT2D eigenvalue weighted by molar-refractivity contribution is -0.115. The van der Waals surface area contributed by atoms with E-state index in [1.165, 1.54) is 28.7 Å². The second-order valence-corrected chi connectivity index (χ2v) is 6.43.